The third-order valence-corrected chi connectivity index (χ3v) is 4.24. The molecule has 4 nitrogen and oxygen atoms in total. The van der Waals surface area contributed by atoms with Crippen LogP contribution in [-0.4, -0.2) is 7.11 Å². The Morgan fingerprint density at radius 2 is 1.83 bits per heavy atom. The van der Waals surface area contributed by atoms with Crippen molar-refractivity contribution in [3.05, 3.63) is 64.6 Å². The maximum Gasteiger partial charge on any atom is 0.289 e. The summed E-state index contributed by atoms with van der Waals surface area (Å²) in [6.07, 6.45) is 0. The Bertz CT molecular complexity index is 930. The van der Waals surface area contributed by atoms with E-state index >= 15 is 0 Å². The first-order chi connectivity index (χ1) is 11.6. The Balaban J connectivity index is 2.18. The maximum atomic E-state index is 9.48. The fourth-order valence-electron chi connectivity index (χ4n) is 2.54. The van der Waals surface area contributed by atoms with E-state index in [4.69, 9.17) is 10.5 Å². The molecule has 118 valence electrons. The van der Waals surface area contributed by atoms with Crippen LogP contribution in [0.5, 0.6) is 5.75 Å². The van der Waals surface area contributed by atoms with Crippen molar-refractivity contribution in [2.45, 2.75) is 0 Å². The maximum absolute atomic E-state index is 9.48. The molecule has 0 bridgehead atoms. The molecule has 0 aliphatic carbocycles. The van der Waals surface area contributed by atoms with Crippen molar-refractivity contribution in [3.63, 3.8) is 0 Å². The Morgan fingerprint density at radius 1 is 1.08 bits per heavy atom. The quantitative estimate of drug-likeness (QED) is 0.744. The van der Waals surface area contributed by atoms with Gasteiger partial charge in [-0.3, -0.25) is 5.73 Å². The summed E-state index contributed by atoms with van der Waals surface area (Å²) < 4.78 is 6.13. The van der Waals surface area contributed by atoms with Crippen LogP contribution in [0.1, 0.15) is 5.56 Å². The summed E-state index contributed by atoms with van der Waals surface area (Å²) >= 11 is 3.47. The molecule has 0 radical (unpaired) electrons. The number of benzene rings is 2. The molecule has 0 aliphatic heterocycles. The first kappa shape index (κ1) is 16.0. The van der Waals surface area contributed by atoms with Crippen molar-refractivity contribution in [2.24, 2.45) is 0 Å². The Kier molecular flexibility index (Phi) is 4.50. The van der Waals surface area contributed by atoms with Gasteiger partial charge in [0.1, 0.15) is 23.1 Å². The predicted molar refractivity (Wildman–Crippen MR) is 97.2 cm³/mol. The second kappa shape index (κ2) is 6.73. The number of anilines is 1. The van der Waals surface area contributed by atoms with E-state index in [2.05, 4.69) is 27.0 Å². The lowest BCUT2D eigenvalue weighted by atomic mass is 9.98. The molecule has 3 rings (SSSR count). The van der Waals surface area contributed by atoms with E-state index in [1.165, 1.54) is 0 Å². The molecular weight excluding hydrogens is 366 g/mol. The monoisotopic (exact) mass is 380 g/mol. The smallest absolute Gasteiger partial charge is 0.289 e. The number of H-pyrrole nitrogens is 1. The molecule has 1 heterocycles. The first-order valence-electron chi connectivity index (χ1n) is 7.28. The van der Waals surface area contributed by atoms with Crippen molar-refractivity contribution < 1.29 is 9.72 Å². The van der Waals surface area contributed by atoms with E-state index in [0.29, 0.717) is 11.4 Å². The van der Waals surface area contributed by atoms with Crippen LogP contribution in [0.25, 0.3) is 22.4 Å². The molecule has 0 spiro atoms. The number of rotatable bonds is 3. The fraction of sp³-hybridized carbons (Fsp3) is 0.0526. The van der Waals surface area contributed by atoms with E-state index in [9.17, 15) is 5.26 Å². The average molecular weight is 381 g/mol. The number of nitrogens with zero attached hydrogens (tertiary/aromatic N) is 1. The van der Waals surface area contributed by atoms with Crippen LogP contribution in [-0.2, 0) is 0 Å². The van der Waals surface area contributed by atoms with Crippen LogP contribution >= 0.6 is 15.9 Å². The SMILES string of the molecule is COc1ccc(-c2cc(-c3cccc(Br)c3)c(C#N)c(N)[nH+]2)cc1. The van der Waals surface area contributed by atoms with Crippen molar-refractivity contribution in [3.8, 4) is 34.2 Å². The third-order valence-electron chi connectivity index (χ3n) is 3.75. The highest BCUT2D eigenvalue weighted by Gasteiger charge is 2.17. The zero-order chi connectivity index (χ0) is 17.1. The van der Waals surface area contributed by atoms with Crippen LogP contribution in [0.2, 0.25) is 0 Å². The van der Waals surface area contributed by atoms with Crippen LogP contribution in [0.15, 0.2) is 59.1 Å². The summed E-state index contributed by atoms with van der Waals surface area (Å²) in [6, 6.07) is 19.6. The van der Waals surface area contributed by atoms with Crippen LogP contribution in [0.3, 0.4) is 0 Å². The molecule has 0 amide bonds. The highest BCUT2D eigenvalue weighted by molar-refractivity contribution is 9.10. The predicted octanol–water partition coefficient (Wildman–Crippen LogP) is 4.06. The second-order valence-electron chi connectivity index (χ2n) is 5.24. The topological polar surface area (TPSA) is 73.2 Å². The highest BCUT2D eigenvalue weighted by atomic mass is 79.9. The molecule has 0 fully saturated rings. The van der Waals surface area contributed by atoms with Gasteiger partial charge in [0.05, 0.1) is 7.11 Å². The van der Waals surface area contributed by atoms with Gasteiger partial charge >= 0.3 is 0 Å². The molecule has 0 saturated heterocycles. The van der Waals surface area contributed by atoms with E-state index < -0.39 is 0 Å². The number of halogens is 1. The summed E-state index contributed by atoms with van der Waals surface area (Å²) in [5.74, 6) is 1.13. The lowest BCUT2D eigenvalue weighted by Crippen LogP contribution is -2.16. The van der Waals surface area contributed by atoms with E-state index in [1.54, 1.807) is 7.11 Å². The van der Waals surface area contributed by atoms with Crippen molar-refractivity contribution in [1.29, 1.82) is 5.26 Å². The van der Waals surface area contributed by atoms with Gasteiger partial charge in [0, 0.05) is 15.6 Å². The van der Waals surface area contributed by atoms with Gasteiger partial charge < -0.3 is 4.74 Å². The summed E-state index contributed by atoms with van der Waals surface area (Å²) in [4.78, 5) is 3.11. The molecule has 0 aliphatic rings. The second-order valence-corrected chi connectivity index (χ2v) is 6.15. The van der Waals surface area contributed by atoms with Gasteiger partial charge in [-0.05, 0) is 48.0 Å². The largest absolute Gasteiger partial charge is 0.497 e. The van der Waals surface area contributed by atoms with Gasteiger partial charge in [-0.25, -0.2) is 4.98 Å². The van der Waals surface area contributed by atoms with Gasteiger partial charge in [-0.1, -0.05) is 28.1 Å². The number of nitrogens with one attached hydrogen (secondary N) is 1. The Morgan fingerprint density at radius 3 is 2.46 bits per heavy atom. The standard InChI is InChI=1S/C19H14BrN3O/c1-24-15-7-5-12(6-8-15)18-10-16(17(11-21)19(22)23-18)13-3-2-4-14(20)9-13/h2-10H,1H3,(H2,22,23)/p+1. The molecule has 5 heteroatoms. The molecule has 0 unspecified atom stereocenters. The first-order valence-corrected chi connectivity index (χ1v) is 8.08. The molecule has 3 aromatic rings. The van der Waals surface area contributed by atoms with E-state index in [0.717, 1.165) is 32.6 Å². The molecule has 0 atom stereocenters. The summed E-state index contributed by atoms with van der Waals surface area (Å²) in [5.41, 5.74) is 10.0. The van der Waals surface area contributed by atoms with E-state index in [-0.39, 0.29) is 0 Å². The van der Waals surface area contributed by atoms with Crippen LogP contribution in [0, 0.1) is 11.3 Å². The lowest BCUT2D eigenvalue weighted by molar-refractivity contribution is -0.346. The number of hydrogen-bond acceptors (Lipinski definition) is 3. The molecule has 1 aromatic heterocycles. The molecular formula is C19H15BrN3O+. The van der Waals surface area contributed by atoms with Gasteiger partial charge in [-0.2, -0.15) is 5.26 Å². The molecule has 24 heavy (non-hydrogen) atoms. The minimum absolute atomic E-state index is 0.348. The number of hydrogen-bond donors (Lipinski definition) is 1. The number of methoxy groups -OCH3 is 1. The number of nitriles is 1. The van der Waals surface area contributed by atoms with Gasteiger partial charge in [0.25, 0.3) is 5.82 Å². The van der Waals surface area contributed by atoms with Crippen LogP contribution in [0.4, 0.5) is 5.82 Å². The Hall–Kier alpha value is -2.84. The molecule has 2 aromatic carbocycles. The Labute approximate surface area is 148 Å². The zero-order valence-electron chi connectivity index (χ0n) is 13.0. The van der Waals surface area contributed by atoms with Crippen molar-refractivity contribution in [1.82, 2.24) is 0 Å². The van der Waals surface area contributed by atoms with Crippen molar-refractivity contribution >= 4 is 21.7 Å². The number of nitrogen functional groups attached to an aromatic ring is 1. The zero-order valence-corrected chi connectivity index (χ0v) is 14.6. The number of aromatic nitrogens is 1. The average Bonchev–Trinajstić information content (AvgIpc) is 2.61. The number of pyridine rings is 1. The minimum Gasteiger partial charge on any atom is -0.497 e. The number of ether oxygens (including phenoxy) is 1. The minimum atomic E-state index is 0.348. The normalized spacial score (nSPS) is 10.2. The van der Waals surface area contributed by atoms with Gasteiger partial charge in [0.15, 0.2) is 0 Å². The van der Waals surface area contributed by atoms with Gasteiger partial charge in [0.2, 0.25) is 0 Å². The lowest BCUT2D eigenvalue weighted by Gasteiger charge is -2.08. The highest BCUT2D eigenvalue weighted by Crippen LogP contribution is 2.31. The summed E-state index contributed by atoms with van der Waals surface area (Å²) in [7, 11) is 1.63. The van der Waals surface area contributed by atoms with Crippen molar-refractivity contribution in [2.75, 3.05) is 12.8 Å². The molecule has 3 N–H and O–H groups in total. The molecule has 0 saturated carbocycles. The van der Waals surface area contributed by atoms with Gasteiger partial charge in [-0.15, -0.1) is 0 Å². The summed E-state index contributed by atoms with van der Waals surface area (Å²) in [6.45, 7) is 0. The van der Waals surface area contributed by atoms with Crippen LogP contribution < -0.4 is 15.5 Å². The third kappa shape index (κ3) is 3.10. The van der Waals surface area contributed by atoms with E-state index in [1.807, 2.05) is 54.6 Å². The number of aromatic amines is 1. The fourth-order valence-corrected chi connectivity index (χ4v) is 2.93. The number of nitrogens with two attached hydrogens (primary N) is 1. The summed E-state index contributed by atoms with van der Waals surface area (Å²) in [5, 5.41) is 9.48.